The van der Waals surface area contributed by atoms with Gasteiger partial charge in [-0.1, -0.05) is 32.6 Å². The van der Waals surface area contributed by atoms with Crippen LogP contribution in [0.15, 0.2) is 0 Å². The SMILES string of the molecule is CC(C(=O)N(C)CC1CCCCC1)C1CCCC(N)C1. The predicted molar refractivity (Wildman–Crippen MR) is 83.3 cm³/mol. The number of hydrogen-bond acceptors (Lipinski definition) is 2. The molecule has 2 saturated carbocycles. The van der Waals surface area contributed by atoms with Crippen molar-refractivity contribution in [1.29, 1.82) is 0 Å². The van der Waals surface area contributed by atoms with Crippen molar-refractivity contribution in [2.75, 3.05) is 13.6 Å². The summed E-state index contributed by atoms with van der Waals surface area (Å²) in [5.74, 6) is 1.73. The van der Waals surface area contributed by atoms with Crippen LogP contribution in [0.25, 0.3) is 0 Å². The van der Waals surface area contributed by atoms with E-state index in [0.717, 1.165) is 25.3 Å². The van der Waals surface area contributed by atoms with Crippen LogP contribution in [0.1, 0.15) is 64.7 Å². The highest BCUT2D eigenvalue weighted by Gasteiger charge is 2.30. The maximum atomic E-state index is 12.6. The van der Waals surface area contributed by atoms with Crippen LogP contribution in [-0.4, -0.2) is 30.4 Å². The lowest BCUT2D eigenvalue weighted by Gasteiger charge is -2.34. The van der Waals surface area contributed by atoms with Gasteiger partial charge in [0.15, 0.2) is 0 Å². The molecule has 0 aromatic heterocycles. The Labute approximate surface area is 124 Å². The summed E-state index contributed by atoms with van der Waals surface area (Å²) in [4.78, 5) is 14.6. The maximum Gasteiger partial charge on any atom is 0.225 e. The first kappa shape index (κ1) is 15.8. The molecule has 2 aliphatic carbocycles. The number of amides is 1. The van der Waals surface area contributed by atoms with Gasteiger partial charge in [-0.2, -0.15) is 0 Å². The molecule has 0 bridgehead atoms. The Kier molecular flexibility index (Phi) is 5.88. The van der Waals surface area contributed by atoms with E-state index in [4.69, 9.17) is 5.73 Å². The number of hydrogen-bond donors (Lipinski definition) is 1. The van der Waals surface area contributed by atoms with Gasteiger partial charge in [0.1, 0.15) is 0 Å². The molecule has 0 aromatic rings. The van der Waals surface area contributed by atoms with Gasteiger partial charge in [0.05, 0.1) is 0 Å². The van der Waals surface area contributed by atoms with E-state index >= 15 is 0 Å². The first-order valence-electron chi connectivity index (χ1n) is 8.58. The summed E-state index contributed by atoms with van der Waals surface area (Å²) < 4.78 is 0. The molecule has 3 unspecified atom stereocenters. The smallest absolute Gasteiger partial charge is 0.225 e. The molecular weight excluding hydrogens is 248 g/mol. The molecule has 0 spiro atoms. The van der Waals surface area contributed by atoms with Gasteiger partial charge in [-0.25, -0.2) is 0 Å². The van der Waals surface area contributed by atoms with Crippen LogP contribution in [0.3, 0.4) is 0 Å². The summed E-state index contributed by atoms with van der Waals surface area (Å²) in [6.45, 7) is 3.07. The summed E-state index contributed by atoms with van der Waals surface area (Å²) in [7, 11) is 2.00. The fraction of sp³-hybridized carbons (Fsp3) is 0.941. The van der Waals surface area contributed by atoms with Crippen molar-refractivity contribution in [2.24, 2.45) is 23.5 Å². The van der Waals surface area contributed by atoms with Gasteiger partial charge >= 0.3 is 0 Å². The van der Waals surface area contributed by atoms with Gasteiger partial charge in [-0.15, -0.1) is 0 Å². The van der Waals surface area contributed by atoms with Crippen LogP contribution in [0, 0.1) is 17.8 Å². The van der Waals surface area contributed by atoms with Crippen molar-refractivity contribution in [3.05, 3.63) is 0 Å². The number of carbonyl (C=O) groups is 1. The molecule has 2 fully saturated rings. The molecule has 3 atom stereocenters. The second kappa shape index (κ2) is 7.44. The highest BCUT2D eigenvalue weighted by Crippen LogP contribution is 2.31. The van der Waals surface area contributed by atoms with E-state index in [9.17, 15) is 4.79 Å². The molecule has 0 heterocycles. The minimum absolute atomic E-state index is 0.148. The van der Waals surface area contributed by atoms with Crippen molar-refractivity contribution in [3.63, 3.8) is 0 Å². The fourth-order valence-electron chi connectivity index (χ4n) is 4.12. The van der Waals surface area contributed by atoms with Crippen molar-refractivity contribution in [1.82, 2.24) is 4.90 Å². The fourth-order valence-corrected chi connectivity index (χ4v) is 4.12. The average Bonchev–Trinajstić information content (AvgIpc) is 2.46. The van der Waals surface area contributed by atoms with Crippen molar-refractivity contribution < 1.29 is 4.79 Å². The Balaban J connectivity index is 1.82. The topological polar surface area (TPSA) is 46.3 Å². The molecule has 0 radical (unpaired) electrons. The molecule has 2 rings (SSSR count). The minimum Gasteiger partial charge on any atom is -0.345 e. The van der Waals surface area contributed by atoms with Crippen molar-refractivity contribution in [2.45, 2.75) is 70.8 Å². The third-order valence-corrected chi connectivity index (χ3v) is 5.48. The van der Waals surface area contributed by atoms with E-state index < -0.39 is 0 Å². The number of nitrogens with two attached hydrogens (primary N) is 1. The molecular formula is C17H32N2O. The van der Waals surface area contributed by atoms with Crippen LogP contribution in [0.2, 0.25) is 0 Å². The summed E-state index contributed by atoms with van der Waals surface area (Å²) in [5.41, 5.74) is 6.06. The van der Waals surface area contributed by atoms with E-state index in [1.807, 2.05) is 11.9 Å². The van der Waals surface area contributed by atoms with Gasteiger partial charge < -0.3 is 10.6 Å². The largest absolute Gasteiger partial charge is 0.345 e. The third-order valence-electron chi connectivity index (χ3n) is 5.48. The quantitative estimate of drug-likeness (QED) is 0.859. The zero-order valence-electron chi connectivity index (χ0n) is 13.3. The number of rotatable bonds is 4. The second-order valence-corrected chi connectivity index (χ2v) is 7.20. The molecule has 0 aliphatic heterocycles. The normalized spacial score (nSPS) is 29.9. The molecule has 0 saturated heterocycles. The van der Waals surface area contributed by atoms with Gasteiger partial charge in [0.2, 0.25) is 5.91 Å². The van der Waals surface area contributed by atoms with Crippen LogP contribution in [-0.2, 0) is 4.79 Å². The monoisotopic (exact) mass is 280 g/mol. The summed E-state index contributed by atoms with van der Waals surface area (Å²) in [5, 5.41) is 0. The molecule has 1 amide bonds. The van der Waals surface area contributed by atoms with Gasteiger partial charge in [-0.3, -0.25) is 4.79 Å². The van der Waals surface area contributed by atoms with Gasteiger partial charge in [0, 0.05) is 25.6 Å². The highest BCUT2D eigenvalue weighted by molar-refractivity contribution is 5.78. The first-order chi connectivity index (χ1) is 9.58. The molecule has 3 nitrogen and oxygen atoms in total. The van der Waals surface area contributed by atoms with E-state index in [-0.39, 0.29) is 5.92 Å². The predicted octanol–water partition coefficient (Wildman–Crippen LogP) is 3.18. The van der Waals surface area contributed by atoms with Crippen LogP contribution in [0.5, 0.6) is 0 Å². The summed E-state index contributed by atoms with van der Waals surface area (Å²) in [6, 6.07) is 0.313. The van der Waals surface area contributed by atoms with E-state index in [2.05, 4.69) is 6.92 Å². The Morgan fingerprint density at radius 1 is 1.15 bits per heavy atom. The Morgan fingerprint density at radius 3 is 2.50 bits per heavy atom. The maximum absolute atomic E-state index is 12.6. The molecule has 20 heavy (non-hydrogen) atoms. The third kappa shape index (κ3) is 4.21. The van der Waals surface area contributed by atoms with E-state index in [1.54, 1.807) is 0 Å². The average molecular weight is 280 g/mol. The number of nitrogens with zero attached hydrogens (tertiary/aromatic N) is 1. The van der Waals surface area contributed by atoms with E-state index in [0.29, 0.717) is 17.9 Å². The molecule has 3 heteroatoms. The Morgan fingerprint density at radius 2 is 1.85 bits per heavy atom. The molecule has 2 aliphatic rings. The lowest BCUT2D eigenvalue weighted by atomic mass is 9.78. The summed E-state index contributed by atoms with van der Waals surface area (Å²) >= 11 is 0. The first-order valence-corrected chi connectivity index (χ1v) is 8.58. The van der Waals surface area contributed by atoms with E-state index in [1.165, 1.54) is 44.9 Å². The van der Waals surface area contributed by atoms with Crippen molar-refractivity contribution >= 4 is 5.91 Å². The van der Waals surface area contributed by atoms with Crippen LogP contribution < -0.4 is 5.73 Å². The summed E-state index contributed by atoms with van der Waals surface area (Å²) in [6.07, 6.45) is 11.2. The van der Waals surface area contributed by atoms with Crippen LogP contribution >= 0.6 is 0 Å². The van der Waals surface area contributed by atoms with Crippen molar-refractivity contribution in [3.8, 4) is 0 Å². The zero-order valence-corrected chi connectivity index (χ0v) is 13.3. The minimum atomic E-state index is 0.148. The Bertz CT molecular complexity index is 312. The second-order valence-electron chi connectivity index (χ2n) is 7.20. The highest BCUT2D eigenvalue weighted by atomic mass is 16.2. The van der Waals surface area contributed by atoms with Crippen LogP contribution in [0.4, 0.5) is 0 Å². The standard InChI is InChI=1S/C17H32N2O/c1-13(15-9-6-10-16(18)11-15)17(20)19(2)12-14-7-4-3-5-8-14/h13-16H,3-12,18H2,1-2H3. The van der Waals surface area contributed by atoms with Gasteiger partial charge in [0.25, 0.3) is 0 Å². The Hall–Kier alpha value is -0.570. The zero-order chi connectivity index (χ0) is 14.5. The number of carbonyl (C=O) groups excluding carboxylic acids is 1. The molecule has 0 aromatic carbocycles. The molecule has 2 N–H and O–H groups in total. The molecule has 116 valence electrons. The van der Waals surface area contributed by atoms with Gasteiger partial charge in [-0.05, 0) is 43.9 Å². The lowest BCUT2D eigenvalue weighted by molar-refractivity contribution is -0.136. The lowest BCUT2D eigenvalue weighted by Crippen LogP contribution is -2.41.